The lowest BCUT2D eigenvalue weighted by atomic mass is 10.1. The van der Waals surface area contributed by atoms with Crippen LogP contribution in [0.4, 0.5) is 0 Å². The third kappa shape index (κ3) is 3.39. The Morgan fingerprint density at radius 2 is 2.00 bits per heavy atom. The predicted octanol–water partition coefficient (Wildman–Crippen LogP) is 2.10. The molecule has 0 N–H and O–H groups in total. The smallest absolute Gasteiger partial charge is 0.253 e. The van der Waals surface area contributed by atoms with E-state index in [1.807, 2.05) is 23.1 Å². The molecule has 0 atom stereocenters. The second-order valence-electron chi connectivity index (χ2n) is 5.65. The molecule has 5 heteroatoms. The normalized spacial score (nSPS) is 19.4. The number of nitrogens with zero attached hydrogens (tertiary/aromatic N) is 2. The van der Waals surface area contributed by atoms with Crippen LogP contribution in [-0.2, 0) is 18.0 Å². The first kappa shape index (κ1) is 14.8. The Kier molecular flexibility index (Phi) is 4.78. The van der Waals surface area contributed by atoms with Crippen LogP contribution in [0, 0.1) is 0 Å². The SMILES string of the molecule is O=C(c1ccc2c(c1)COC2)N1CCCN(CCCl)CC1. The Bertz CT molecular complexity index is 521. The average molecular weight is 309 g/mol. The zero-order valence-electron chi connectivity index (χ0n) is 12.2. The number of carbonyl (C=O) groups is 1. The second kappa shape index (κ2) is 6.77. The van der Waals surface area contributed by atoms with Gasteiger partial charge >= 0.3 is 0 Å². The molecule has 3 rings (SSSR count). The highest BCUT2D eigenvalue weighted by atomic mass is 35.5. The van der Waals surface area contributed by atoms with E-state index < -0.39 is 0 Å². The minimum atomic E-state index is 0.137. The van der Waals surface area contributed by atoms with Gasteiger partial charge in [0.05, 0.1) is 13.2 Å². The summed E-state index contributed by atoms with van der Waals surface area (Å²) in [4.78, 5) is 17.0. The molecule has 0 spiro atoms. The van der Waals surface area contributed by atoms with Crippen LogP contribution in [0.25, 0.3) is 0 Å². The molecule has 0 unspecified atom stereocenters. The van der Waals surface area contributed by atoms with Crippen LogP contribution < -0.4 is 0 Å². The van der Waals surface area contributed by atoms with Crippen LogP contribution in [0.15, 0.2) is 18.2 Å². The number of hydrogen-bond acceptors (Lipinski definition) is 3. The van der Waals surface area contributed by atoms with E-state index in [-0.39, 0.29) is 5.91 Å². The summed E-state index contributed by atoms with van der Waals surface area (Å²) in [7, 11) is 0. The van der Waals surface area contributed by atoms with E-state index in [1.165, 1.54) is 5.56 Å². The van der Waals surface area contributed by atoms with E-state index >= 15 is 0 Å². The maximum Gasteiger partial charge on any atom is 0.253 e. The van der Waals surface area contributed by atoms with Gasteiger partial charge in [-0.05, 0) is 36.2 Å². The van der Waals surface area contributed by atoms with Crippen molar-refractivity contribution in [1.29, 1.82) is 0 Å². The van der Waals surface area contributed by atoms with Crippen molar-refractivity contribution in [2.24, 2.45) is 0 Å². The summed E-state index contributed by atoms with van der Waals surface area (Å²) >= 11 is 5.80. The minimum absolute atomic E-state index is 0.137. The van der Waals surface area contributed by atoms with Gasteiger partial charge in [0.25, 0.3) is 5.91 Å². The monoisotopic (exact) mass is 308 g/mol. The molecule has 1 saturated heterocycles. The maximum atomic E-state index is 12.7. The topological polar surface area (TPSA) is 32.8 Å². The quantitative estimate of drug-likeness (QED) is 0.802. The van der Waals surface area contributed by atoms with Crippen molar-refractivity contribution in [2.45, 2.75) is 19.6 Å². The zero-order chi connectivity index (χ0) is 14.7. The van der Waals surface area contributed by atoms with Crippen molar-refractivity contribution < 1.29 is 9.53 Å². The first-order chi connectivity index (χ1) is 10.3. The summed E-state index contributed by atoms with van der Waals surface area (Å²) in [5, 5.41) is 0. The average Bonchev–Trinajstić information content (AvgIpc) is 2.85. The first-order valence-corrected chi connectivity index (χ1v) is 8.08. The van der Waals surface area contributed by atoms with Crippen molar-refractivity contribution in [3.8, 4) is 0 Å². The maximum absolute atomic E-state index is 12.7. The van der Waals surface area contributed by atoms with Crippen LogP contribution >= 0.6 is 11.6 Å². The molecule has 0 radical (unpaired) electrons. The van der Waals surface area contributed by atoms with Crippen LogP contribution in [0.1, 0.15) is 27.9 Å². The summed E-state index contributed by atoms with van der Waals surface area (Å²) in [5.74, 6) is 0.788. The van der Waals surface area contributed by atoms with Gasteiger partial charge in [-0.15, -0.1) is 11.6 Å². The minimum Gasteiger partial charge on any atom is -0.372 e. The van der Waals surface area contributed by atoms with E-state index in [9.17, 15) is 4.79 Å². The highest BCUT2D eigenvalue weighted by Crippen LogP contribution is 2.22. The predicted molar refractivity (Wildman–Crippen MR) is 82.6 cm³/mol. The molecule has 0 aliphatic carbocycles. The molecular weight excluding hydrogens is 288 g/mol. The molecule has 2 aliphatic heterocycles. The van der Waals surface area contributed by atoms with Gasteiger partial charge < -0.3 is 14.5 Å². The van der Waals surface area contributed by atoms with E-state index in [2.05, 4.69) is 4.90 Å². The van der Waals surface area contributed by atoms with Crippen molar-refractivity contribution in [2.75, 3.05) is 38.6 Å². The van der Waals surface area contributed by atoms with Crippen molar-refractivity contribution in [3.05, 3.63) is 34.9 Å². The molecule has 114 valence electrons. The molecule has 4 nitrogen and oxygen atoms in total. The Morgan fingerprint density at radius 1 is 1.14 bits per heavy atom. The molecule has 2 aliphatic rings. The first-order valence-electron chi connectivity index (χ1n) is 7.55. The molecule has 0 aromatic heterocycles. The third-order valence-electron chi connectivity index (χ3n) is 4.24. The zero-order valence-corrected chi connectivity index (χ0v) is 12.9. The standard InChI is InChI=1S/C16H21ClN2O2/c17-4-7-18-5-1-6-19(9-8-18)16(20)13-2-3-14-11-21-12-15(14)10-13/h2-3,10H,1,4-9,11-12H2. The summed E-state index contributed by atoms with van der Waals surface area (Å²) in [6, 6.07) is 5.94. The Hall–Kier alpha value is -1.10. The summed E-state index contributed by atoms with van der Waals surface area (Å²) in [6.07, 6.45) is 1.01. The Labute approximate surface area is 130 Å². The highest BCUT2D eigenvalue weighted by Gasteiger charge is 2.21. The van der Waals surface area contributed by atoms with Crippen molar-refractivity contribution >= 4 is 17.5 Å². The molecule has 1 fully saturated rings. The summed E-state index contributed by atoms with van der Waals surface area (Å²) in [6.45, 7) is 5.73. The van der Waals surface area contributed by atoms with Gasteiger partial charge in [-0.2, -0.15) is 0 Å². The van der Waals surface area contributed by atoms with Crippen molar-refractivity contribution in [1.82, 2.24) is 9.80 Å². The number of alkyl halides is 1. The molecule has 21 heavy (non-hydrogen) atoms. The van der Waals surface area contributed by atoms with Gasteiger partial charge in [-0.1, -0.05) is 6.07 Å². The molecule has 0 saturated carbocycles. The molecule has 1 aromatic rings. The van der Waals surface area contributed by atoms with Crippen LogP contribution in [0.2, 0.25) is 0 Å². The number of benzene rings is 1. The Balaban J connectivity index is 1.67. The lowest BCUT2D eigenvalue weighted by Crippen LogP contribution is -2.35. The highest BCUT2D eigenvalue weighted by molar-refractivity contribution is 6.18. The largest absolute Gasteiger partial charge is 0.372 e. The fourth-order valence-electron chi connectivity index (χ4n) is 3.00. The number of hydrogen-bond donors (Lipinski definition) is 0. The van der Waals surface area contributed by atoms with Gasteiger partial charge in [0.15, 0.2) is 0 Å². The van der Waals surface area contributed by atoms with Gasteiger partial charge in [-0.3, -0.25) is 4.79 Å². The molecule has 1 aromatic carbocycles. The van der Waals surface area contributed by atoms with Gasteiger partial charge in [0, 0.05) is 37.6 Å². The summed E-state index contributed by atoms with van der Waals surface area (Å²) < 4.78 is 5.41. The lowest BCUT2D eigenvalue weighted by Gasteiger charge is -2.21. The molecule has 2 heterocycles. The fourth-order valence-corrected chi connectivity index (χ4v) is 3.24. The van der Waals surface area contributed by atoms with E-state index in [1.54, 1.807) is 0 Å². The van der Waals surface area contributed by atoms with Crippen LogP contribution in [0.3, 0.4) is 0 Å². The van der Waals surface area contributed by atoms with Gasteiger partial charge in [0.2, 0.25) is 0 Å². The van der Waals surface area contributed by atoms with Crippen molar-refractivity contribution in [3.63, 3.8) is 0 Å². The second-order valence-corrected chi connectivity index (χ2v) is 6.03. The Morgan fingerprint density at radius 3 is 2.86 bits per heavy atom. The number of halogens is 1. The van der Waals surface area contributed by atoms with Gasteiger partial charge in [-0.25, -0.2) is 0 Å². The summed E-state index contributed by atoms with van der Waals surface area (Å²) in [5.41, 5.74) is 3.14. The van der Waals surface area contributed by atoms with E-state index in [0.29, 0.717) is 19.1 Å². The molecule has 0 bridgehead atoms. The lowest BCUT2D eigenvalue weighted by molar-refractivity contribution is 0.0761. The number of fused-ring (bicyclic) bond motifs is 1. The number of amides is 1. The fraction of sp³-hybridized carbons (Fsp3) is 0.562. The third-order valence-corrected chi connectivity index (χ3v) is 4.41. The number of ether oxygens (including phenoxy) is 1. The van der Waals surface area contributed by atoms with Crippen LogP contribution in [-0.4, -0.2) is 54.3 Å². The number of carbonyl (C=O) groups excluding carboxylic acids is 1. The molecule has 1 amide bonds. The molecular formula is C16H21ClN2O2. The number of rotatable bonds is 3. The van der Waals surface area contributed by atoms with E-state index in [4.69, 9.17) is 16.3 Å². The van der Waals surface area contributed by atoms with Crippen LogP contribution in [0.5, 0.6) is 0 Å². The van der Waals surface area contributed by atoms with E-state index in [0.717, 1.165) is 50.3 Å². The van der Waals surface area contributed by atoms with Gasteiger partial charge in [0.1, 0.15) is 0 Å².